The van der Waals surface area contributed by atoms with Crippen molar-refractivity contribution in [3.63, 3.8) is 0 Å². The molecule has 3 aromatic rings. The van der Waals surface area contributed by atoms with Crippen molar-refractivity contribution in [1.82, 2.24) is 4.98 Å². The second-order valence-electron chi connectivity index (χ2n) is 6.31. The quantitative estimate of drug-likeness (QED) is 0.447. The monoisotopic (exact) mass is 406 g/mol. The molecule has 0 aliphatic carbocycles. The first-order chi connectivity index (χ1) is 14.2. The molecule has 0 bridgehead atoms. The highest BCUT2D eigenvalue weighted by Crippen LogP contribution is 2.32. The fraction of sp³-hybridized carbons (Fsp3) is 0.227. The van der Waals surface area contributed by atoms with Gasteiger partial charge in [0, 0.05) is 10.9 Å². The summed E-state index contributed by atoms with van der Waals surface area (Å²) >= 11 is 1.25. The number of Topliss-reactive ketones (excluding diaryl/α,β-unsaturated/α-hetero) is 1. The predicted octanol–water partition coefficient (Wildman–Crippen LogP) is 4.25. The number of nitriles is 1. The van der Waals surface area contributed by atoms with E-state index in [-0.39, 0.29) is 11.5 Å². The predicted molar refractivity (Wildman–Crippen MR) is 110 cm³/mol. The molecule has 0 unspecified atom stereocenters. The second kappa shape index (κ2) is 8.41. The summed E-state index contributed by atoms with van der Waals surface area (Å²) in [6.45, 7) is 3.46. The van der Waals surface area contributed by atoms with E-state index in [0.717, 1.165) is 16.7 Å². The van der Waals surface area contributed by atoms with Crippen molar-refractivity contribution in [1.29, 1.82) is 5.26 Å². The molecule has 0 atom stereocenters. The van der Waals surface area contributed by atoms with Crippen LogP contribution in [0.25, 0.3) is 10.9 Å². The number of hydrogen-bond acceptors (Lipinski definition) is 7. The largest absolute Gasteiger partial charge is 0.494 e. The lowest BCUT2D eigenvalue weighted by Gasteiger charge is -2.18. The van der Waals surface area contributed by atoms with Crippen LogP contribution in [-0.4, -0.2) is 36.3 Å². The number of carbonyl (C=O) groups is 1. The van der Waals surface area contributed by atoms with Crippen LogP contribution in [0.5, 0.6) is 17.2 Å². The van der Waals surface area contributed by atoms with Crippen LogP contribution in [0.15, 0.2) is 47.5 Å². The first-order valence-corrected chi connectivity index (χ1v) is 10.2. The molecule has 7 heteroatoms. The van der Waals surface area contributed by atoms with Crippen molar-refractivity contribution in [2.75, 3.05) is 25.6 Å². The average molecular weight is 406 g/mol. The molecule has 146 valence electrons. The highest BCUT2D eigenvalue weighted by Gasteiger charge is 2.16. The minimum atomic E-state index is -0.0653. The first kappa shape index (κ1) is 19.1. The minimum Gasteiger partial charge on any atom is -0.494 e. The van der Waals surface area contributed by atoms with Crippen molar-refractivity contribution in [3.8, 4) is 23.3 Å². The van der Waals surface area contributed by atoms with Crippen LogP contribution >= 0.6 is 11.8 Å². The Morgan fingerprint density at radius 2 is 2.00 bits per heavy atom. The van der Waals surface area contributed by atoms with E-state index >= 15 is 0 Å². The number of thioether (sulfide) groups is 1. The summed E-state index contributed by atoms with van der Waals surface area (Å²) in [6.07, 6.45) is 0. The molecule has 0 fully saturated rings. The van der Waals surface area contributed by atoms with Gasteiger partial charge in [-0.25, -0.2) is 4.98 Å². The van der Waals surface area contributed by atoms with E-state index in [1.54, 1.807) is 24.3 Å². The molecule has 2 heterocycles. The molecule has 29 heavy (non-hydrogen) atoms. The van der Waals surface area contributed by atoms with Gasteiger partial charge in [-0.3, -0.25) is 4.79 Å². The lowest BCUT2D eigenvalue weighted by atomic mass is 10.1. The van der Waals surface area contributed by atoms with Crippen molar-refractivity contribution in [2.24, 2.45) is 0 Å². The van der Waals surface area contributed by atoms with Crippen molar-refractivity contribution in [3.05, 3.63) is 53.6 Å². The zero-order valence-electron chi connectivity index (χ0n) is 15.8. The number of hydrogen-bond donors (Lipinski definition) is 0. The molecule has 6 nitrogen and oxygen atoms in total. The molecule has 1 aliphatic rings. The normalized spacial score (nSPS) is 12.4. The molecule has 2 aromatic carbocycles. The number of carbonyl (C=O) groups excluding carboxylic acids is 1. The second-order valence-corrected chi connectivity index (χ2v) is 7.27. The number of rotatable bonds is 6. The standard InChI is InChI=1S/C22H18N2O4S/c1-2-26-17-4-5-18-15(10-17)9-16(12-23)22(24-18)29-13-19(25)14-3-6-20-21(11-14)28-8-7-27-20/h3-6,9-11H,2,7-8,13H2,1H3. The Labute approximate surface area is 172 Å². The molecule has 4 rings (SSSR count). The smallest absolute Gasteiger partial charge is 0.173 e. The fourth-order valence-electron chi connectivity index (χ4n) is 3.02. The zero-order valence-corrected chi connectivity index (χ0v) is 16.6. The number of pyridine rings is 1. The van der Waals surface area contributed by atoms with Gasteiger partial charge in [0.15, 0.2) is 17.3 Å². The summed E-state index contributed by atoms with van der Waals surface area (Å²) in [4.78, 5) is 17.2. The summed E-state index contributed by atoms with van der Waals surface area (Å²) in [6, 6.07) is 14.7. The lowest BCUT2D eigenvalue weighted by Crippen LogP contribution is -2.16. The van der Waals surface area contributed by atoms with Crippen LogP contribution in [0.2, 0.25) is 0 Å². The average Bonchev–Trinajstić information content (AvgIpc) is 2.76. The van der Waals surface area contributed by atoms with Gasteiger partial charge in [-0.05, 0) is 49.4 Å². The van der Waals surface area contributed by atoms with E-state index in [4.69, 9.17) is 14.2 Å². The fourth-order valence-corrected chi connectivity index (χ4v) is 3.87. The molecule has 0 amide bonds. The van der Waals surface area contributed by atoms with Crippen LogP contribution in [0.4, 0.5) is 0 Å². The van der Waals surface area contributed by atoms with E-state index in [1.165, 1.54) is 11.8 Å². The van der Waals surface area contributed by atoms with Crippen LogP contribution in [-0.2, 0) is 0 Å². The van der Waals surface area contributed by atoms with Gasteiger partial charge in [0.1, 0.15) is 30.1 Å². The third kappa shape index (κ3) is 4.13. The van der Waals surface area contributed by atoms with Gasteiger partial charge < -0.3 is 14.2 Å². The van der Waals surface area contributed by atoms with Gasteiger partial charge in [0.2, 0.25) is 0 Å². The Morgan fingerprint density at radius 1 is 1.17 bits per heavy atom. The third-order valence-electron chi connectivity index (χ3n) is 4.39. The SMILES string of the molecule is CCOc1ccc2nc(SCC(=O)c3ccc4c(c3)OCCO4)c(C#N)cc2c1. The maximum Gasteiger partial charge on any atom is 0.173 e. The Morgan fingerprint density at radius 3 is 2.79 bits per heavy atom. The highest BCUT2D eigenvalue weighted by atomic mass is 32.2. The number of aromatic nitrogens is 1. The van der Waals surface area contributed by atoms with E-state index < -0.39 is 0 Å². The van der Waals surface area contributed by atoms with Gasteiger partial charge in [-0.15, -0.1) is 0 Å². The van der Waals surface area contributed by atoms with Gasteiger partial charge in [0.25, 0.3) is 0 Å². The molecule has 0 N–H and O–H groups in total. The number of ketones is 1. The van der Waals surface area contributed by atoms with E-state index in [2.05, 4.69) is 11.1 Å². The lowest BCUT2D eigenvalue weighted by molar-refractivity contribution is 0.102. The van der Waals surface area contributed by atoms with Gasteiger partial charge in [0.05, 0.1) is 23.4 Å². The van der Waals surface area contributed by atoms with E-state index in [1.807, 2.05) is 25.1 Å². The van der Waals surface area contributed by atoms with E-state index in [0.29, 0.717) is 47.5 Å². The van der Waals surface area contributed by atoms with Crippen LogP contribution in [0, 0.1) is 11.3 Å². The Bertz CT molecular complexity index is 1120. The minimum absolute atomic E-state index is 0.0653. The molecule has 1 aromatic heterocycles. The van der Waals surface area contributed by atoms with Gasteiger partial charge >= 0.3 is 0 Å². The number of ether oxygens (including phenoxy) is 3. The molecular weight excluding hydrogens is 388 g/mol. The molecule has 0 saturated heterocycles. The third-order valence-corrected chi connectivity index (χ3v) is 5.38. The molecule has 0 spiro atoms. The Kier molecular flexibility index (Phi) is 5.54. The van der Waals surface area contributed by atoms with Crippen LogP contribution in [0.3, 0.4) is 0 Å². The van der Waals surface area contributed by atoms with Crippen LogP contribution in [0.1, 0.15) is 22.8 Å². The summed E-state index contributed by atoms with van der Waals surface area (Å²) in [7, 11) is 0. The summed E-state index contributed by atoms with van der Waals surface area (Å²) in [5.41, 5.74) is 1.73. The number of fused-ring (bicyclic) bond motifs is 2. The van der Waals surface area contributed by atoms with Crippen molar-refractivity contribution < 1.29 is 19.0 Å². The summed E-state index contributed by atoms with van der Waals surface area (Å²) in [5.74, 6) is 2.07. The summed E-state index contributed by atoms with van der Waals surface area (Å²) < 4.78 is 16.5. The number of benzene rings is 2. The molecular formula is C22H18N2O4S. The maximum atomic E-state index is 12.6. The van der Waals surface area contributed by atoms with Gasteiger partial charge in [-0.1, -0.05) is 11.8 Å². The zero-order chi connectivity index (χ0) is 20.2. The highest BCUT2D eigenvalue weighted by molar-refractivity contribution is 8.00. The molecule has 0 saturated carbocycles. The van der Waals surface area contributed by atoms with Gasteiger partial charge in [-0.2, -0.15) is 5.26 Å². The topological polar surface area (TPSA) is 81.4 Å². The number of nitrogens with zero attached hydrogens (tertiary/aromatic N) is 2. The molecule has 0 radical (unpaired) electrons. The summed E-state index contributed by atoms with van der Waals surface area (Å²) in [5, 5.41) is 10.9. The van der Waals surface area contributed by atoms with Crippen LogP contribution < -0.4 is 14.2 Å². The first-order valence-electron chi connectivity index (χ1n) is 9.21. The maximum absolute atomic E-state index is 12.6. The molecule has 1 aliphatic heterocycles. The van der Waals surface area contributed by atoms with Crippen molar-refractivity contribution >= 4 is 28.4 Å². The Hall–Kier alpha value is -3.24. The van der Waals surface area contributed by atoms with E-state index in [9.17, 15) is 10.1 Å². The Balaban J connectivity index is 1.53. The van der Waals surface area contributed by atoms with Crippen molar-refractivity contribution in [2.45, 2.75) is 11.9 Å².